The fourth-order valence-corrected chi connectivity index (χ4v) is 4.34. The van der Waals surface area contributed by atoms with Crippen LogP contribution in [-0.4, -0.2) is 43.0 Å². The zero-order chi connectivity index (χ0) is 29.0. The molecule has 0 atom stereocenters. The molecule has 10 nitrogen and oxygen atoms in total. The number of fused-ring (bicyclic) bond motifs is 1. The van der Waals surface area contributed by atoms with Crippen molar-refractivity contribution in [1.82, 2.24) is 4.98 Å². The van der Waals surface area contributed by atoms with Gasteiger partial charge in [-0.05, 0) is 79.6 Å². The number of primary amides is 1. The number of anilines is 3. The fourth-order valence-electron chi connectivity index (χ4n) is 4.34. The van der Waals surface area contributed by atoms with Gasteiger partial charge in [-0.15, -0.1) is 0 Å². The lowest BCUT2D eigenvalue weighted by atomic mass is 10.0. The van der Waals surface area contributed by atoms with Gasteiger partial charge in [0.25, 0.3) is 5.91 Å². The van der Waals surface area contributed by atoms with Gasteiger partial charge in [-0.1, -0.05) is 0 Å². The number of aromatic nitrogens is 1. The Morgan fingerprint density at radius 3 is 2.17 bits per heavy atom. The summed E-state index contributed by atoms with van der Waals surface area (Å²) in [5.41, 5.74) is 6.80. The summed E-state index contributed by atoms with van der Waals surface area (Å²) in [5, 5.41) is 9.21. The van der Waals surface area contributed by atoms with Crippen LogP contribution in [0.25, 0.3) is 10.9 Å². The van der Waals surface area contributed by atoms with Gasteiger partial charge >= 0.3 is 0 Å². The second-order valence-corrected chi connectivity index (χ2v) is 9.63. The topological polar surface area (TPSA) is 145 Å². The van der Waals surface area contributed by atoms with Crippen molar-refractivity contribution in [3.05, 3.63) is 84.3 Å². The minimum absolute atomic E-state index is 0.294. The van der Waals surface area contributed by atoms with Gasteiger partial charge in [0.1, 0.15) is 22.7 Å². The molecule has 1 aromatic heterocycles. The molecule has 1 aliphatic carbocycles. The third-order valence-corrected chi connectivity index (χ3v) is 6.79. The highest BCUT2D eigenvalue weighted by Crippen LogP contribution is 2.47. The van der Waals surface area contributed by atoms with Crippen LogP contribution in [0.2, 0.25) is 0 Å². The highest BCUT2D eigenvalue weighted by atomic mass is 19.1. The number of amides is 3. The summed E-state index contributed by atoms with van der Waals surface area (Å²) in [6.07, 6.45) is 2.43. The monoisotopic (exact) mass is 557 g/mol. The predicted octanol–water partition coefficient (Wildman–Crippen LogP) is 4.68. The summed E-state index contributed by atoms with van der Waals surface area (Å²) < 4.78 is 24.3. The Morgan fingerprint density at radius 2 is 1.59 bits per heavy atom. The molecule has 1 fully saturated rings. The summed E-state index contributed by atoms with van der Waals surface area (Å²) in [4.78, 5) is 42.3. The molecule has 0 bridgehead atoms. The molecule has 5 N–H and O–H groups in total. The van der Waals surface area contributed by atoms with Crippen LogP contribution in [0.1, 0.15) is 23.2 Å². The highest BCUT2D eigenvalue weighted by molar-refractivity contribution is 6.17. The molecule has 0 saturated heterocycles. The van der Waals surface area contributed by atoms with E-state index >= 15 is 0 Å². The zero-order valence-electron chi connectivity index (χ0n) is 22.2. The molecule has 0 spiro atoms. The Balaban J connectivity index is 1.28. The van der Waals surface area contributed by atoms with E-state index in [0.29, 0.717) is 71.0 Å². The van der Waals surface area contributed by atoms with E-state index in [1.807, 2.05) is 0 Å². The van der Waals surface area contributed by atoms with E-state index in [2.05, 4.69) is 20.9 Å². The third-order valence-electron chi connectivity index (χ3n) is 6.79. The Kier molecular flexibility index (Phi) is 7.79. The van der Waals surface area contributed by atoms with E-state index in [9.17, 15) is 18.8 Å². The number of nitrogens with one attached hydrogen (secondary N) is 3. The molecule has 0 aliphatic heterocycles. The van der Waals surface area contributed by atoms with Crippen LogP contribution in [0.15, 0.2) is 72.9 Å². The van der Waals surface area contributed by atoms with Gasteiger partial charge in [-0.25, -0.2) is 4.39 Å². The maximum atomic E-state index is 13.2. The molecule has 11 heteroatoms. The lowest BCUT2D eigenvalue weighted by molar-refractivity contribution is -0.131. The van der Waals surface area contributed by atoms with E-state index in [1.54, 1.807) is 55.8 Å². The van der Waals surface area contributed by atoms with Gasteiger partial charge in [-0.2, -0.15) is 0 Å². The van der Waals surface area contributed by atoms with Crippen LogP contribution in [-0.2, 0) is 14.3 Å². The molecule has 41 heavy (non-hydrogen) atoms. The molecule has 0 unspecified atom stereocenters. The largest absolute Gasteiger partial charge is 0.457 e. The average Bonchev–Trinajstić information content (AvgIpc) is 3.78. The number of halogens is 1. The van der Waals surface area contributed by atoms with Crippen molar-refractivity contribution in [2.45, 2.75) is 12.8 Å². The molecule has 1 heterocycles. The van der Waals surface area contributed by atoms with Gasteiger partial charge in [0.2, 0.25) is 11.8 Å². The van der Waals surface area contributed by atoms with Crippen LogP contribution < -0.4 is 26.4 Å². The van der Waals surface area contributed by atoms with E-state index in [-0.39, 0.29) is 0 Å². The molecular formula is C30H28FN5O5. The minimum atomic E-state index is -1.17. The minimum Gasteiger partial charge on any atom is -0.457 e. The van der Waals surface area contributed by atoms with Gasteiger partial charge in [-0.3, -0.25) is 19.4 Å². The van der Waals surface area contributed by atoms with Gasteiger partial charge in [0.05, 0.1) is 17.7 Å². The average molecular weight is 558 g/mol. The van der Waals surface area contributed by atoms with Gasteiger partial charge in [0.15, 0.2) is 0 Å². The number of nitrogens with zero attached hydrogens (tertiary/aromatic N) is 1. The number of hydrogen-bond acceptors (Lipinski definition) is 7. The first-order valence-electron chi connectivity index (χ1n) is 12.9. The second-order valence-electron chi connectivity index (χ2n) is 9.63. The maximum Gasteiger partial charge on any atom is 0.250 e. The number of ether oxygens (including phenoxy) is 2. The Labute approximate surface area is 235 Å². The van der Waals surface area contributed by atoms with Crippen LogP contribution in [0.3, 0.4) is 0 Å². The number of methoxy groups -OCH3 is 1. The molecule has 1 saturated carbocycles. The second kappa shape index (κ2) is 11.6. The van der Waals surface area contributed by atoms with E-state index in [1.165, 1.54) is 24.3 Å². The number of pyridine rings is 1. The Hall–Kier alpha value is -5.03. The molecule has 4 aromatic rings. The van der Waals surface area contributed by atoms with Gasteiger partial charge < -0.3 is 31.2 Å². The lowest BCUT2D eigenvalue weighted by Gasteiger charge is -2.16. The first kappa shape index (κ1) is 27.5. The van der Waals surface area contributed by atoms with Crippen molar-refractivity contribution in [2.24, 2.45) is 11.1 Å². The van der Waals surface area contributed by atoms with E-state index in [4.69, 9.17) is 15.2 Å². The molecule has 5 rings (SSSR count). The molecule has 3 amide bonds. The van der Waals surface area contributed by atoms with Gasteiger partial charge in [0, 0.05) is 42.3 Å². The smallest absolute Gasteiger partial charge is 0.250 e. The van der Waals surface area contributed by atoms with Crippen LogP contribution in [0.5, 0.6) is 11.5 Å². The molecule has 210 valence electrons. The lowest BCUT2D eigenvalue weighted by Crippen LogP contribution is -2.35. The molecule has 3 aromatic carbocycles. The number of nitrogens with two attached hydrogens (primary N) is 1. The maximum absolute atomic E-state index is 13.2. The summed E-state index contributed by atoms with van der Waals surface area (Å²) in [6, 6.07) is 17.1. The summed E-state index contributed by atoms with van der Waals surface area (Å²) in [5.74, 6) is -0.914. The number of carbonyl (C=O) groups excluding carboxylic acids is 3. The highest BCUT2D eigenvalue weighted by Gasteiger charge is 2.56. The van der Waals surface area contributed by atoms with Crippen molar-refractivity contribution in [2.75, 3.05) is 36.2 Å². The molecule has 1 aliphatic rings. The number of carbonyl (C=O) groups is 3. The van der Waals surface area contributed by atoms with Crippen LogP contribution in [0, 0.1) is 11.2 Å². The predicted molar refractivity (Wildman–Crippen MR) is 152 cm³/mol. The van der Waals surface area contributed by atoms with Crippen LogP contribution in [0.4, 0.5) is 21.5 Å². The normalized spacial score (nSPS) is 13.3. The quantitative estimate of drug-likeness (QED) is 0.155. The number of benzene rings is 3. The van der Waals surface area contributed by atoms with Crippen molar-refractivity contribution in [3.63, 3.8) is 0 Å². The third kappa shape index (κ3) is 6.10. The standard InChI is InChI=1S/C30H28FN5O5/c1-40-15-14-34-25-17-24-22(16-23(25)27(32)37)26(10-13-33-24)41-21-8-6-20(7-9-21)36-29(39)30(11-12-30)28(38)35-19-4-2-18(31)3-5-19/h2-10,13,16-17,34H,11-12,14-15H2,1H3,(H2,32,37)(H,35,38)(H,36,39). The zero-order valence-corrected chi connectivity index (χ0v) is 22.2. The van der Waals surface area contributed by atoms with Crippen LogP contribution >= 0.6 is 0 Å². The Bertz CT molecular complexity index is 1600. The Morgan fingerprint density at radius 1 is 0.951 bits per heavy atom. The first-order valence-corrected chi connectivity index (χ1v) is 12.9. The fraction of sp³-hybridized carbons (Fsp3) is 0.200. The van der Waals surface area contributed by atoms with Crippen molar-refractivity contribution >= 4 is 45.7 Å². The number of hydrogen-bond donors (Lipinski definition) is 4. The summed E-state index contributed by atoms with van der Waals surface area (Å²) in [7, 11) is 1.59. The summed E-state index contributed by atoms with van der Waals surface area (Å²) in [6.45, 7) is 0.939. The van der Waals surface area contributed by atoms with Crippen molar-refractivity contribution in [3.8, 4) is 11.5 Å². The first-order chi connectivity index (χ1) is 19.8. The SMILES string of the molecule is COCCNc1cc2nccc(Oc3ccc(NC(=O)C4(C(=O)Nc5ccc(F)cc5)CC4)cc3)c2cc1C(N)=O. The van der Waals surface area contributed by atoms with E-state index in [0.717, 1.165) is 0 Å². The van der Waals surface area contributed by atoms with E-state index < -0.39 is 29.0 Å². The van der Waals surface area contributed by atoms with Crippen molar-refractivity contribution < 1.29 is 28.2 Å². The van der Waals surface area contributed by atoms with Crippen molar-refractivity contribution in [1.29, 1.82) is 0 Å². The number of rotatable bonds is 11. The summed E-state index contributed by atoms with van der Waals surface area (Å²) >= 11 is 0. The molecular weight excluding hydrogens is 529 g/mol. The molecule has 0 radical (unpaired) electrons.